The van der Waals surface area contributed by atoms with Crippen molar-refractivity contribution in [2.45, 2.75) is 32.4 Å². The maximum atomic E-state index is 11.8. The smallest absolute Gasteiger partial charge is 0.222 e. The van der Waals surface area contributed by atoms with E-state index in [2.05, 4.69) is 64.2 Å². The van der Waals surface area contributed by atoms with Crippen LogP contribution in [0.4, 0.5) is 0 Å². The Bertz CT molecular complexity index is 779. The Morgan fingerprint density at radius 2 is 1.79 bits per heavy atom. The molecule has 0 spiro atoms. The zero-order valence-corrected chi connectivity index (χ0v) is 18.7. The van der Waals surface area contributed by atoms with Gasteiger partial charge in [0.25, 0.3) is 0 Å². The Kier molecular flexibility index (Phi) is 9.27. The molecular formula is C22H29IN4O. The van der Waals surface area contributed by atoms with E-state index in [1.807, 2.05) is 11.0 Å². The lowest BCUT2D eigenvalue weighted by Crippen LogP contribution is -2.37. The number of likely N-dealkylation sites (tertiary alicyclic amines) is 1. The summed E-state index contributed by atoms with van der Waals surface area (Å²) in [6.45, 7) is 3.11. The number of carbonyl (C=O) groups is 1. The molecule has 0 bridgehead atoms. The van der Waals surface area contributed by atoms with E-state index in [1.54, 1.807) is 7.05 Å². The van der Waals surface area contributed by atoms with E-state index in [1.165, 1.54) is 16.7 Å². The summed E-state index contributed by atoms with van der Waals surface area (Å²) in [5.41, 5.74) is 3.67. The minimum atomic E-state index is 0. The van der Waals surface area contributed by atoms with Crippen LogP contribution in [0.2, 0.25) is 0 Å². The molecule has 2 aromatic rings. The van der Waals surface area contributed by atoms with Crippen LogP contribution in [0.25, 0.3) is 0 Å². The van der Waals surface area contributed by atoms with Gasteiger partial charge in [0.2, 0.25) is 5.91 Å². The predicted molar refractivity (Wildman–Crippen MR) is 125 cm³/mol. The first-order valence-electron chi connectivity index (χ1n) is 9.58. The number of carbonyl (C=O) groups excluding carboxylic acids is 1. The van der Waals surface area contributed by atoms with Gasteiger partial charge in [-0.1, -0.05) is 54.6 Å². The average Bonchev–Trinajstić information content (AvgIpc) is 3.10. The Balaban J connectivity index is 0.00000280. The molecule has 1 aliphatic heterocycles. The maximum absolute atomic E-state index is 11.8. The van der Waals surface area contributed by atoms with Crippen molar-refractivity contribution in [2.75, 3.05) is 20.1 Å². The Morgan fingerprint density at radius 1 is 1.04 bits per heavy atom. The molecule has 0 unspecified atom stereocenters. The molecule has 0 aliphatic carbocycles. The number of rotatable bonds is 7. The summed E-state index contributed by atoms with van der Waals surface area (Å²) in [5.74, 6) is 1.06. The summed E-state index contributed by atoms with van der Waals surface area (Å²) < 4.78 is 0. The first kappa shape index (κ1) is 22.2. The lowest BCUT2D eigenvalue weighted by molar-refractivity contribution is -0.128. The number of aliphatic imine (C=N–C) groups is 1. The second-order valence-electron chi connectivity index (χ2n) is 6.83. The van der Waals surface area contributed by atoms with E-state index in [-0.39, 0.29) is 29.9 Å². The average molecular weight is 492 g/mol. The van der Waals surface area contributed by atoms with Crippen molar-refractivity contribution in [1.29, 1.82) is 0 Å². The van der Waals surface area contributed by atoms with Gasteiger partial charge >= 0.3 is 0 Å². The molecule has 1 amide bonds. The van der Waals surface area contributed by atoms with Gasteiger partial charge in [0.15, 0.2) is 5.96 Å². The number of guanidine groups is 1. The zero-order valence-electron chi connectivity index (χ0n) is 16.4. The van der Waals surface area contributed by atoms with Gasteiger partial charge in [-0.2, -0.15) is 0 Å². The first-order chi connectivity index (χ1) is 13.2. The van der Waals surface area contributed by atoms with Gasteiger partial charge in [-0.15, -0.1) is 24.0 Å². The van der Waals surface area contributed by atoms with E-state index in [9.17, 15) is 4.79 Å². The number of hydrogen-bond acceptors (Lipinski definition) is 2. The zero-order chi connectivity index (χ0) is 18.9. The Hall–Kier alpha value is -2.09. The van der Waals surface area contributed by atoms with Crippen LogP contribution in [-0.2, 0) is 24.3 Å². The molecule has 2 aromatic carbocycles. The quantitative estimate of drug-likeness (QED) is 0.354. The second kappa shape index (κ2) is 11.7. The highest BCUT2D eigenvalue weighted by molar-refractivity contribution is 14.0. The Morgan fingerprint density at radius 3 is 2.50 bits per heavy atom. The molecule has 6 heteroatoms. The fourth-order valence-electron chi connectivity index (χ4n) is 3.31. The number of nitrogens with one attached hydrogen (secondary N) is 2. The maximum Gasteiger partial charge on any atom is 0.222 e. The van der Waals surface area contributed by atoms with Crippen LogP contribution in [-0.4, -0.2) is 36.9 Å². The molecule has 150 valence electrons. The highest BCUT2D eigenvalue weighted by Gasteiger charge is 2.19. The van der Waals surface area contributed by atoms with Crippen LogP contribution in [0.3, 0.4) is 0 Å². The van der Waals surface area contributed by atoms with Crippen molar-refractivity contribution in [2.24, 2.45) is 4.99 Å². The van der Waals surface area contributed by atoms with Gasteiger partial charge in [-0.3, -0.25) is 9.79 Å². The lowest BCUT2D eigenvalue weighted by atomic mass is 10.1. The van der Waals surface area contributed by atoms with Crippen molar-refractivity contribution in [3.05, 3.63) is 71.3 Å². The number of halogens is 1. The fraction of sp³-hybridized carbons (Fsp3) is 0.364. The molecule has 5 nitrogen and oxygen atoms in total. The first-order valence-corrected chi connectivity index (χ1v) is 9.58. The number of benzene rings is 2. The van der Waals surface area contributed by atoms with Crippen LogP contribution in [0.5, 0.6) is 0 Å². The van der Waals surface area contributed by atoms with Gasteiger partial charge in [0.1, 0.15) is 0 Å². The third-order valence-corrected chi connectivity index (χ3v) is 4.77. The predicted octanol–water partition coefficient (Wildman–Crippen LogP) is 3.33. The molecule has 0 saturated carbocycles. The second-order valence-corrected chi connectivity index (χ2v) is 6.83. The number of nitrogens with zero attached hydrogens (tertiary/aromatic N) is 2. The van der Waals surface area contributed by atoms with Crippen molar-refractivity contribution in [3.8, 4) is 0 Å². The van der Waals surface area contributed by atoms with Crippen molar-refractivity contribution < 1.29 is 4.79 Å². The van der Waals surface area contributed by atoms with E-state index >= 15 is 0 Å². The summed E-state index contributed by atoms with van der Waals surface area (Å²) >= 11 is 0. The van der Waals surface area contributed by atoms with Crippen LogP contribution >= 0.6 is 24.0 Å². The molecule has 28 heavy (non-hydrogen) atoms. The molecule has 0 atom stereocenters. The standard InChI is InChI=1S/C22H28N4O.HI/c1-23-22(24-13-12-18-7-3-2-4-8-18)25-16-19-9-5-10-20(15-19)17-26-14-6-11-21(26)27;/h2-5,7-10,15H,6,11-14,16-17H2,1H3,(H2,23,24,25);1H. The number of amides is 1. The largest absolute Gasteiger partial charge is 0.356 e. The van der Waals surface area contributed by atoms with E-state index in [0.29, 0.717) is 19.5 Å². The molecule has 1 aliphatic rings. The summed E-state index contributed by atoms with van der Waals surface area (Å²) in [6.07, 6.45) is 2.62. The molecule has 2 N–H and O–H groups in total. The Labute approximate surface area is 184 Å². The van der Waals surface area contributed by atoms with E-state index in [0.717, 1.165) is 31.9 Å². The van der Waals surface area contributed by atoms with Crippen molar-refractivity contribution >= 4 is 35.8 Å². The topological polar surface area (TPSA) is 56.7 Å². The minimum absolute atomic E-state index is 0. The van der Waals surface area contributed by atoms with E-state index < -0.39 is 0 Å². The van der Waals surface area contributed by atoms with Gasteiger partial charge in [-0.25, -0.2) is 0 Å². The minimum Gasteiger partial charge on any atom is -0.356 e. The summed E-state index contributed by atoms with van der Waals surface area (Å²) in [6, 6.07) is 18.8. The molecule has 1 heterocycles. The summed E-state index contributed by atoms with van der Waals surface area (Å²) in [5, 5.41) is 6.71. The van der Waals surface area contributed by atoms with Crippen LogP contribution in [0.15, 0.2) is 59.6 Å². The molecule has 1 saturated heterocycles. The lowest BCUT2D eigenvalue weighted by Gasteiger charge is -2.16. The third-order valence-electron chi connectivity index (χ3n) is 4.77. The van der Waals surface area contributed by atoms with E-state index in [4.69, 9.17) is 0 Å². The third kappa shape index (κ3) is 6.82. The van der Waals surface area contributed by atoms with Crippen LogP contribution in [0.1, 0.15) is 29.5 Å². The van der Waals surface area contributed by atoms with Crippen molar-refractivity contribution in [1.82, 2.24) is 15.5 Å². The highest BCUT2D eigenvalue weighted by Crippen LogP contribution is 2.15. The molecule has 3 rings (SSSR count). The molecular weight excluding hydrogens is 463 g/mol. The van der Waals surface area contributed by atoms with Crippen molar-refractivity contribution in [3.63, 3.8) is 0 Å². The number of hydrogen-bond donors (Lipinski definition) is 2. The molecule has 0 radical (unpaired) electrons. The summed E-state index contributed by atoms with van der Waals surface area (Å²) in [7, 11) is 1.78. The van der Waals surface area contributed by atoms with Crippen LogP contribution < -0.4 is 10.6 Å². The van der Waals surface area contributed by atoms with Gasteiger partial charge < -0.3 is 15.5 Å². The SMILES string of the molecule is CN=C(NCCc1ccccc1)NCc1cccc(CN2CCCC2=O)c1.I. The highest BCUT2D eigenvalue weighted by atomic mass is 127. The fourth-order valence-corrected chi connectivity index (χ4v) is 3.31. The van der Waals surface area contributed by atoms with Gasteiger partial charge in [0.05, 0.1) is 0 Å². The van der Waals surface area contributed by atoms with Gasteiger partial charge in [0, 0.05) is 39.6 Å². The monoisotopic (exact) mass is 492 g/mol. The van der Waals surface area contributed by atoms with Gasteiger partial charge in [-0.05, 0) is 29.5 Å². The molecule has 1 fully saturated rings. The molecule has 0 aromatic heterocycles. The normalized spacial score (nSPS) is 14.0. The van der Waals surface area contributed by atoms with Crippen LogP contribution in [0, 0.1) is 0 Å². The summed E-state index contributed by atoms with van der Waals surface area (Å²) in [4.78, 5) is 18.0.